The van der Waals surface area contributed by atoms with Gasteiger partial charge in [-0.15, -0.1) is 0 Å². The van der Waals surface area contributed by atoms with Crippen molar-refractivity contribution in [2.45, 2.75) is 95.3 Å². The fourth-order valence-corrected chi connectivity index (χ4v) is 6.91. The van der Waals surface area contributed by atoms with Gasteiger partial charge in [0.1, 0.15) is 21.5 Å². The van der Waals surface area contributed by atoms with Gasteiger partial charge < -0.3 is 9.29 Å². The molecule has 28 heavy (non-hydrogen) atoms. The van der Waals surface area contributed by atoms with Crippen molar-refractivity contribution in [2.24, 2.45) is 0 Å². The summed E-state index contributed by atoms with van der Waals surface area (Å²) in [6, 6.07) is 0. The van der Waals surface area contributed by atoms with Crippen LogP contribution in [0.15, 0.2) is 0 Å². The number of rotatable bonds is 14. The average Bonchev–Trinajstić information content (AvgIpc) is 2.87. The van der Waals surface area contributed by atoms with Crippen molar-refractivity contribution in [3.05, 3.63) is 0 Å². The predicted molar refractivity (Wildman–Crippen MR) is 103 cm³/mol. The van der Waals surface area contributed by atoms with Gasteiger partial charge in [0.2, 0.25) is 0 Å². The fourth-order valence-electron chi connectivity index (χ4n) is 3.32. The third-order valence-electron chi connectivity index (χ3n) is 4.89. The smallest absolute Gasteiger partial charge is 0.748 e. The largest absolute Gasteiger partial charge is 1.00 e. The normalized spacial score (nSPS) is 21.2. The monoisotopic (exact) mass is 448 g/mol. The van der Waals surface area contributed by atoms with Crippen molar-refractivity contribution in [1.82, 2.24) is 0 Å². The van der Waals surface area contributed by atoms with Crippen LogP contribution in [0, 0.1) is 0 Å². The van der Waals surface area contributed by atoms with Gasteiger partial charge in [0.15, 0.2) is 9.84 Å². The molecule has 0 amide bonds. The van der Waals surface area contributed by atoms with Crippen LogP contribution in [0.3, 0.4) is 0 Å². The quantitative estimate of drug-likeness (QED) is 0.158. The fraction of sp³-hybridized carbons (Fsp3) is 0.944. The second-order valence-corrected chi connectivity index (χ2v) is 11.2. The SMILES string of the molecule is CCCCCCCCCCCCCC(=O)OC1CS(=O)(=O)CC1S(=O)(=O)[O-].[Na+]. The van der Waals surface area contributed by atoms with E-state index in [1.807, 2.05) is 0 Å². The number of esters is 1. The van der Waals surface area contributed by atoms with Crippen LogP contribution in [-0.4, -0.2) is 50.2 Å². The number of carbonyl (C=O) groups excluding carboxylic acids is 1. The number of hydrogen-bond donors (Lipinski definition) is 0. The predicted octanol–water partition coefficient (Wildman–Crippen LogP) is -0.0545. The summed E-state index contributed by atoms with van der Waals surface area (Å²) in [5.74, 6) is -2.00. The van der Waals surface area contributed by atoms with Crippen LogP contribution in [0.2, 0.25) is 0 Å². The van der Waals surface area contributed by atoms with E-state index in [2.05, 4.69) is 6.92 Å². The maximum Gasteiger partial charge on any atom is 1.00 e. The van der Waals surface area contributed by atoms with Crippen LogP contribution < -0.4 is 29.6 Å². The molecule has 1 rings (SSSR count). The number of sulfone groups is 1. The van der Waals surface area contributed by atoms with E-state index >= 15 is 0 Å². The molecule has 0 aromatic rings. The van der Waals surface area contributed by atoms with E-state index in [0.29, 0.717) is 6.42 Å². The molecule has 0 aliphatic carbocycles. The van der Waals surface area contributed by atoms with Crippen LogP contribution in [-0.2, 0) is 29.5 Å². The zero-order valence-electron chi connectivity index (χ0n) is 17.2. The summed E-state index contributed by atoms with van der Waals surface area (Å²) in [4.78, 5) is 11.8. The number of hydrogen-bond acceptors (Lipinski definition) is 7. The van der Waals surface area contributed by atoms with Gasteiger partial charge >= 0.3 is 35.5 Å². The molecule has 7 nitrogen and oxygen atoms in total. The first-order chi connectivity index (χ1) is 12.7. The average molecular weight is 449 g/mol. The molecule has 0 bridgehead atoms. The Labute approximate surface area is 192 Å². The summed E-state index contributed by atoms with van der Waals surface area (Å²) < 4.78 is 61.6. The van der Waals surface area contributed by atoms with Crippen molar-refractivity contribution in [2.75, 3.05) is 11.5 Å². The van der Waals surface area contributed by atoms with Gasteiger partial charge in [-0.3, -0.25) is 4.79 Å². The first-order valence-corrected chi connectivity index (χ1v) is 13.3. The van der Waals surface area contributed by atoms with Gasteiger partial charge in [0.05, 0.1) is 11.5 Å². The third-order valence-corrected chi connectivity index (χ3v) is 8.02. The second-order valence-electron chi connectivity index (χ2n) is 7.42. The molecule has 10 heteroatoms. The zero-order chi connectivity index (χ0) is 20.3. The summed E-state index contributed by atoms with van der Waals surface area (Å²) in [5, 5.41) is -1.69. The van der Waals surface area contributed by atoms with E-state index in [9.17, 15) is 26.2 Å². The molecule has 2 unspecified atom stereocenters. The van der Waals surface area contributed by atoms with Crippen LogP contribution in [0.1, 0.15) is 84.0 Å². The summed E-state index contributed by atoms with van der Waals surface area (Å²) in [7, 11) is -8.50. The third kappa shape index (κ3) is 12.1. The molecule has 1 aliphatic heterocycles. The van der Waals surface area contributed by atoms with Gasteiger partial charge in [-0.25, -0.2) is 16.8 Å². The Kier molecular flexibility index (Phi) is 14.5. The molecule has 0 saturated carbocycles. The topological polar surface area (TPSA) is 118 Å². The Morgan fingerprint density at radius 1 is 0.929 bits per heavy atom. The van der Waals surface area contributed by atoms with Crippen molar-refractivity contribution in [1.29, 1.82) is 0 Å². The molecule has 0 radical (unpaired) electrons. The molecule has 1 saturated heterocycles. The van der Waals surface area contributed by atoms with Gasteiger partial charge in [0, 0.05) is 6.42 Å². The van der Waals surface area contributed by atoms with Crippen molar-refractivity contribution >= 4 is 25.9 Å². The van der Waals surface area contributed by atoms with Gasteiger partial charge in [-0.1, -0.05) is 71.1 Å². The molecule has 0 spiro atoms. The molecule has 0 aromatic carbocycles. The Bertz CT molecular complexity index is 647. The van der Waals surface area contributed by atoms with Crippen LogP contribution in [0.5, 0.6) is 0 Å². The molecular formula is C18H33NaO7S2. The Balaban J connectivity index is 0.00000729. The molecule has 0 aromatic heterocycles. The standard InChI is InChI=1S/C18H34O7S2.Na/c1-2-3-4-5-6-7-8-9-10-11-12-13-18(19)25-16-14-26(20,21)15-17(16)27(22,23)24;/h16-17H,2-15H2,1H3,(H,22,23,24);/q;+1/p-1. The summed E-state index contributed by atoms with van der Waals surface area (Å²) in [5.41, 5.74) is 0. The van der Waals surface area contributed by atoms with E-state index in [4.69, 9.17) is 4.74 Å². The Morgan fingerprint density at radius 3 is 1.86 bits per heavy atom. The van der Waals surface area contributed by atoms with Gasteiger partial charge in [0.25, 0.3) is 0 Å². The summed E-state index contributed by atoms with van der Waals surface area (Å²) >= 11 is 0. The number of carbonyl (C=O) groups is 1. The van der Waals surface area contributed by atoms with Crippen molar-refractivity contribution < 1.29 is 60.5 Å². The molecule has 2 atom stereocenters. The van der Waals surface area contributed by atoms with E-state index in [0.717, 1.165) is 19.3 Å². The minimum Gasteiger partial charge on any atom is -0.748 e. The minimum absolute atomic E-state index is 0. The summed E-state index contributed by atoms with van der Waals surface area (Å²) in [6.07, 6.45) is 11.3. The van der Waals surface area contributed by atoms with E-state index in [1.165, 1.54) is 44.9 Å². The number of unbranched alkanes of at least 4 members (excludes halogenated alkanes) is 10. The molecular weight excluding hydrogens is 415 g/mol. The maximum atomic E-state index is 11.8. The van der Waals surface area contributed by atoms with Crippen LogP contribution in [0.4, 0.5) is 0 Å². The van der Waals surface area contributed by atoms with Crippen molar-refractivity contribution in [3.8, 4) is 0 Å². The number of ether oxygens (including phenoxy) is 1. The van der Waals surface area contributed by atoms with E-state index in [-0.39, 0.29) is 36.0 Å². The van der Waals surface area contributed by atoms with E-state index in [1.54, 1.807) is 0 Å². The van der Waals surface area contributed by atoms with Crippen LogP contribution >= 0.6 is 0 Å². The van der Waals surface area contributed by atoms with Crippen LogP contribution in [0.25, 0.3) is 0 Å². The molecule has 1 aliphatic rings. The first kappa shape index (κ1) is 28.3. The Hall–Kier alpha value is 0.330. The Morgan fingerprint density at radius 2 is 1.39 bits per heavy atom. The van der Waals surface area contributed by atoms with Gasteiger partial charge in [-0.05, 0) is 6.42 Å². The first-order valence-electron chi connectivity index (χ1n) is 10.0. The molecule has 1 heterocycles. The summed E-state index contributed by atoms with van der Waals surface area (Å²) in [6.45, 7) is 2.20. The van der Waals surface area contributed by atoms with E-state index < -0.39 is 48.8 Å². The molecule has 1 fully saturated rings. The van der Waals surface area contributed by atoms with Crippen molar-refractivity contribution in [3.63, 3.8) is 0 Å². The second kappa shape index (κ2) is 14.4. The zero-order valence-corrected chi connectivity index (χ0v) is 20.9. The maximum absolute atomic E-state index is 11.8. The molecule has 0 N–H and O–H groups in total. The minimum atomic E-state index is -4.82. The molecule has 160 valence electrons. The van der Waals surface area contributed by atoms with Gasteiger partial charge in [-0.2, -0.15) is 0 Å².